The Kier molecular flexibility index (Phi) is 6.38. The summed E-state index contributed by atoms with van der Waals surface area (Å²) in [6.45, 7) is 1.74. The Morgan fingerprint density at radius 1 is 1.38 bits per heavy atom. The van der Waals surface area contributed by atoms with E-state index < -0.39 is 10.0 Å². The van der Waals surface area contributed by atoms with E-state index in [9.17, 15) is 13.2 Å². The predicted molar refractivity (Wildman–Crippen MR) is 89.4 cm³/mol. The Labute approximate surface area is 142 Å². The van der Waals surface area contributed by atoms with Crippen molar-refractivity contribution in [3.05, 3.63) is 18.3 Å². The van der Waals surface area contributed by atoms with Gasteiger partial charge in [-0.1, -0.05) is 0 Å². The van der Waals surface area contributed by atoms with Crippen LogP contribution >= 0.6 is 0 Å². The Morgan fingerprint density at radius 3 is 2.62 bits per heavy atom. The Morgan fingerprint density at radius 2 is 2.08 bits per heavy atom. The molecule has 0 bridgehead atoms. The van der Waals surface area contributed by atoms with Crippen LogP contribution in [0.1, 0.15) is 19.3 Å². The van der Waals surface area contributed by atoms with Crippen molar-refractivity contribution in [2.75, 3.05) is 37.8 Å². The van der Waals surface area contributed by atoms with Crippen LogP contribution in [0.15, 0.2) is 18.3 Å². The highest BCUT2D eigenvalue weighted by Gasteiger charge is 2.23. The van der Waals surface area contributed by atoms with Gasteiger partial charge in [-0.2, -0.15) is 0 Å². The molecule has 2 heterocycles. The van der Waals surface area contributed by atoms with E-state index in [1.807, 2.05) is 4.90 Å². The molecule has 1 aliphatic heterocycles. The van der Waals surface area contributed by atoms with Gasteiger partial charge in [0.15, 0.2) is 0 Å². The number of amides is 1. The van der Waals surface area contributed by atoms with E-state index >= 15 is 0 Å². The standard InChI is InChI=1S/C15H23N3O5S/c1-22-10-7-15(19)18-8-5-13(6-9-18)23-14-4-3-12(11-16-14)17-24(2,20)21/h3-4,11,13,17H,5-10H2,1-2H3. The van der Waals surface area contributed by atoms with E-state index in [4.69, 9.17) is 9.47 Å². The summed E-state index contributed by atoms with van der Waals surface area (Å²) < 4.78 is 35.4. The minimum Gasteiger partial charge on any atom is -0.474 e. The van der Waals surface area contributed by atoms with E-state index in [-0.39, 0.29) is 12.0 Å². The fourth-order valence-corrected chi connectivity index (χ4v) is 3.01. The normalized spacial score (nSPS) is 16.0. The summed E-state index contributed by atoms with van der Waals surface area (Å²) in [6, 6.07) is 3.23. The number of piperidine rings is 1. The molecule has 0 atom stereocenters. The van der Waals surface area contributed by atoms with Gasteiger partial charge in [0.05, 0.1) is 31.2 Å². The average Bonchev–Trinajstić information content (AvgIpc) is 2.54. The molecule has 1 N–H and O–H groups in total. The maximum Gasteiger partial charge on any atom is 0.229 e. The summed E-state index contributed by atoms with van der Waals surface area (Å²) in [5.74, 6) is 0.544. The zero-order valence-electron chi connectivity index (χ0n) is 13.9. The summed E-state index contributed by atoms with van der Waals surface area (Å²) in [6.07, 6.45) is 4.38. The minimum absolute atomic E-state index is 0.00214. The molecule has 1 fully saturated rings. The molecule has 1 aliphatic rings. The lowest BCUT2D eigenvalue weighted by atomic mass is 10.1. The second-order valence-corrected chi connectivity index (χ2v) is 7.45. The summed E-state index contributed by atoms with van der Waals surface area (Å²) >= 11 is 0. The van der Waals surface area contributed by atoms with Crippen molar-refractivity contribution in [2.24, 2.45) is 0 Å². The number of ether oxygens (including phenoxy) is 2. The number of nitrogens with zero attached hydrogens (tertiary/aromatic N) is 2. The number of sulfonamides is 1. The Hall–Kier alpha value is -1.87. The van der Waals surface area contributed by atoms with Gasteiger partial charge < -0.3 is 14.4 Å². The van der Waals surface area contributed by atoms with Crippen LogP contribution in [0.2, 0.25) is 0 Å². The molecule has 134 valence electrons. The molecular weight excluding hydrogens is 334 g/mol. The number of methoxy groups -OCH3 is 1. The fourth-order valence-electron chi connectivity index (χ4n) is 2.47. The maximum absolute atomic E-state index is 11.9. The number of hydrogen-bond donors (Lipinski definition) is 1. The highest BCUT2D eigenvalue weighted by atomic mass is 32.2. The summed E-state index contributed by atoms with van der Waals surface area (Å²) in [4.78, 5) is 17.8. The van der Waals surface area contributed by atoms with Crippen molar-refractivity contribution in [1.29, 1.82) is 0 Å². The van der Waals surface area contributed by atoms with E-state index in [1.165, 1.54) is 6.20 Å². The van der Waals surface area contributed by atoms with Crippen molar-refractivity contribution in [2.45, 2.75) is 25.4 Å². The van der Waals surface area contributed by atoms with Crippen LogP contribution in [0.5, 0.6) is 5.88 Å². The Bertz CT molecular complexity index is 640. The summed E-state index contributed by atoms with van der Waals surface area (Å²) in [7, 11) is -1.74. The minimum atomic E-state index is -3.32. The first-order chi connectivity index (χ1) is 11.4. The SMILES string of the molecule is COCCC(=O)N1CCC(Oc2ccc(NS(C)(=O)=O)cn2)CC1. The number of carbonyl (C=O) groups excluding carboxylic acids is 1. The Balaban J connectivity index is 1.80. The first-order valence-electron chi connectivity index (χ1n) is 7.74. The third kappa shape index (κ3) is 5.97. The van der Waals surface area contributed by atoms with Gasteiger partial charge in [0.2, 0.25) is 21.8 Å². The third-order valence-electron chi connectivity index (χ3n) is 3.64. The van der Waals surface area contributed by atoms with E-state index in [0.29, 0.717) is 37.7 Å². The predicted octanol–water partition coefficient (Wildman–Crippen LogP) is 0.859. The lowest BCUT2D eigenvalue weighted by Crippen LogP contribution is -2.42. The number of rotatable bonds is 7. The van der Waals surface area contributed by atoms with Gasteiger partial charge in [-0.15, -0.1) is 0 Å². The zero-order chi connectivity index (χ0) is 17.6. The van der Waals surface area contributed by atoms with E-state index in [1.54, 1.807) is 19.2 Å². The molecule has 8 nitrogen and oxygen atoms in total. The second kappa shape index (κ2) is 8.29. The molecule has 1 aromatic rings. The van der Waals surface area contributed by atoms with Gasteiger partial charge in [0, 0.05) is 39.1 Å². The number of pyridine rings is 1. The zero-order valence-corrected chi connectivity index (χ0v) is 14.7. The first-order valence-corrected chi connectivity index (χ1v) is 9.64. The number of aromatic nitrogens is 1. The second-order valence-electron chi connectivity index (χ2n) is 5.70. The van der Waals surface area contributed by atoms with Gasteiger partial charge in [0.1, 0.15) is 6.10 Å². The molecule has 1 aromatic heterocycles. The highest BCUT2D eigenvalue weighted by Crippen LogP contribution is 2.19. The van der Waals surface area contributed by atoms with Crippen molar-refractivity contribution in [3.63, 3.8) is 0 Å². The van der Waals surface area contributed by atoms with Gasteiger partial charge in [0.25, 0.3) is 0 Å². The quantitative estimate of drug-likeness (QED) is 0.777. The molecule has 0 unspecified atom stereocenters. The lowest BCUT2D eigenvalue weighted by molar-refractivity contribution is -0.133. The molecule has 2 rings (SSSR count). The van der Waals surface area contributed by atoms with Crippen molar-refractivity contribution >= 4 is 21.6 Å². The monoisotopic (exact) mass is 357 g/mol. The fraction of sp³-hybridized carbons (Fsp3) is 0.600. The van der Waals surface area contributed by atoms with Gasteiger partial charge in [-0.3, -0.25) is 9.52 Å². The lowest BCUT2D eigenvalue weighted by Gasteiger charge is -2.32. The molecule has 24 heavy (non-hydrogen) atoms. The number of likely N-dealkylation sites (tertiary alicyclic amines) is 1. The maximum atomic E-state index is 11.9. The smallest absolute Gasteiger partial charge is 0.229 e. The largest absolute Gasteiger partial charge is 0.474 e. The molecule has 1 saturated heterocycles. The topological polar surface area (TPSA) is 97.8 Å². The van der Waals surface area contributed by atoms with E-state index in [2.05, 4.69) is 9.71 Å². The van der Waals surface area contributed by atoms with Crippen LogP contribution in [0, 0.1) is 0 Å². The van der Waals surface area contributed by atoms with Crippen molar-refractivity contribution < 1.29 is 22.7 Å². The van der Waals surface area contributed by atoms with Crippen LogP contribution in [-0.4, -0.2) is 63.4 Å². The highest BCUT2D eigenvalue weighted by molar-refractivity contribution is 7.92. The van der Waals surface area contributed by atoms with Crippen molar-refractivity contribution in [1.82, 2.24) is 9.88 Å². The molecule has 0 spiro atoms. The van der Waals surface area contributed by atoms with Gasteiger partial charge >= 0.3 is 0 Å². The molecule has 0 aromatic carbocycles. The van der Waals surface area contributed by atoms with Crippen LogP contribution < -0.4 is 9.46 Å². The van der Waals surface area contributed by atoms with E-state index in [0.717, 1.165) is 19.1 Å². The summed E-state index contributed by atoms with van der Waals surface area (Å²) in [5.41, 5.74) is 0.392. The first kappa shape index (κ1) is 18.5. The average molecular weight is 357 g/mol. The number of hydrogen-bond acceptors (Lipinski definition) is 6. The number of anilines is 1. The summed E-state index contributed by atoms with van der Waals surface area (Å²) in [5, 5.41) is 0. The third-order valence-corrected chi connectivity index (χ3v) is 4.25. The van der Waals surface area contributed by atoms with Crippen LogP contribution in [0.3, 0.4) is 0 Å². The molecule has 1 amide bonds. The van der Waals surface area contributed by atoms with Gasteiger partial charge in [-0.25, -0.2) is 13.4 Å². The molecule has 0 saturated carbocycles. The van der Waals surface area contributed by atoms with Crippen LogP contribution in [0.4, 0.5) is 5.69 Å². The number of carbonyl (C=O) groups is 1. The van der Waals surface area contributed by atoms with Crippen LogP contribution in [0.25, 0.3) is 0 Å². The van der Waals surface area contributed by atoms with Gasteiger partial charge in [-0.05, 0) is 6.07 Å². The molecule has 0 radical (unpaired) electrons. The molecular formula is C15H23N3O5S. The molecule has 9 heteroatoms. The molecule has 0 aliphatic carbocycles. The van der Waals surface area contributed by atoms with Crippen LogP contribution in [-0.2, 0) is 19.6 Å². The van der Waals surface area contributed by atoms with Crippen molar-refractivity contribution in [3.8, 4) is 5.88 Å². The number of nitrogens with one attached hydrogen (secondary N) is 1.